The largest absolute Gasteiger partial charge is 0.484 e. The van der Waals surface area contributed by atoms with E-state index >= 15 is 0 Å². The minimum absolute atomic E-state index is 0.114. The molecule has 36 heavy (non-hydrogen) atoms. The molecule has 1 unspecified atom stereocenters. The maximum absolute atomic E-state index is 13.5. The highest BCUT2D eigenvalue weighted by Gasteiger charge is 2.30. The van der Waals surface area contributed by atoms with E-state index in [9.17, 15) is 14.0 Å². The topological polar surface area (TPSA) is 71.8 Å². The van der Waals surface area contributed by atoms with Gasteiger partial charge in [-0.2, -0.15) is 0 Å². The summed E-state index contributed by atoms with van der Waals surface area (Å²) in [5.41, 5.74) is 1.60. The predicted octanol–water partition coefficient (Wildman–Crippen LogP) is 4.75. The van der Waals surface area contributed by atoms with Crippen LogP contribution in [0.3, 0.4) is 0 Å². The number of furan rings is 1. The number of para-hydroxylation sites is 1. The van der Waals surface area contributed by atoms with Crippen LogP contribution < -0.4 is 10.1 Å². The van der Waals surface area contributed by atoms with E-state index in [0.29, 0.717) is 23.5 Å². The quantitative estimate of drug-likeness (QED) is 0.332. The molecule has 2 amide bonds. The molecule has 184 valence electrons. The van der Waals surface area contributed by atoms with Gasteiger partial charge in [0.05, 0.1) is 12.8 Å². The van der Waals surface area contributed by atoms with Crippen LogP contribution in [0, 0.1) is 5.82 Å². The molecular weight excluding hydrogens is 459 g/mol. The van der Waals surface area contributed by atoms with Crippen LogP contribution >= 0.6 is 0 Å². The first kappa shape index (κ1) is 24.7. The van der Waals surface area contributed by atoms with Gasteiger partial charge in [0.1, 0.15) is 23.4 Å². The summed E-state index contributed by atoms with van der Waals surface area (Å²) in [7, 11) is 0. The number of benzene rings is 3. The minimum atomic E-state index is -0.834. The number of nitrogens with one attached hydrogen (secondary N) is 1. The summed E-state index contributed by atoms with van der Waals surface area (Å²) in [4.78, 5) is 28.4. The molecule has 0 aliphatic carbocycles. The van der Waals surface area contributed by atoms with Crippen LogP contribution in [0.5, 0.6) is 5.75 Å². The van der Waals surface area contributed by atoms with Crippen molar-refractivity contribution < 1.29 is 23.1 Å². The van der Waals surface area contributed by atoms with Crippen molar-refractivity contribution in [1.29, 1.82) is 0 Å². The third kappa shape index (κ3) is 7.06. The monoisotopic (exact) mass is 486 g/mol. The standard InChI is InChI=1S/C29H27FN2O4/c30-24-15-13-23(14-16-24)20-32(28(33)21-36-25-10-5-2-6-11-25)27(18-22-8-3-1-4-9-22)29(34)31-19-26-12-7-17-35-26/h1-17,27H,18-21H2,(H,31,34). The van der Waals surface area contributed by atoms with Gasteiger partial charge >= 0.3 is 0 Å². The van der Waals surface area contributed by atoms with E-state index in [0.717, 1.165) is 5.56 Å². The lowest BCUT2D eigenvalue weighted by Gasteiger charge is -2.31. The number of hydrogen-bond donors (Lipinski definition) is 1. The lowest BCUT2D eigenvalue weighted by atomic mass is 10.0. The highest BCUT2D eigenvalue weighted by molar-refractivity contribution is 5.88. The number of halogens is 1. The second-order valence-electron chi connectivity index (χ2n) is 8.25. The van der Waals surface area contributed by atoms with Crippen molar-refractivity contribution in [3.8, 4) is 5.75 Å². The Morgan fingerprint density at radius 2 is 1.56 bits per heavy atom. The Balaban J connectivity index is 1.60. The van der Waals surface area contributed by atoms with Gasteiger partial charge in [-0.25, -0.2) is 4.39 Å². The summed E-state index contributed by atoms with van der Waals surface area (Å²) in [6.07, 6.45) is 1.83. The molecule has 4 aromatic rings. The second-order valence-corrected chi connectivity index (χ2v) is 8.25. The van der Waals surface area contributed by atoms with Gasteiger partial charge in [-0.3, -0.25) is 9.59 Å². The molecule has 0 aliphatic rings. The van der Waals surface area contributed by atoms with Crippen LogP contribution in [-0.4, -0.2) is 29.4 Å². The first-order valence-electron chi connectivity index (χ1n) is 11.6. The first-order valence-corrected chi connectivity index (χ1v) is 11.6. The van der Waals surface area contributed by atoms with E-state index in [-0.39, 0.29) is 37.3 Å². The molecule has 0 saturated heterocycles. The lowest BCUT2D eigenvalue weighted by molar-refractivity contribution is -0.142. The molecule has 3 aromatic carbocycles. The predicted molar refractivity (Wildman–Crippen MR) is 133 cm³/mol. The lowest BCUT2D eigenvalue weighted by Crippen LogP contribution is -2.51. The number of carbonyl (C=O) groups is 2. The fraction of sp³-hybridized carbons (Fsp3) is 0.172. The Morgan fingerprint density at radius 1 is 0.861 bits per heavy atom. The minimum Gasteiger partial charge on any atom is -0.484 e. The van der Waals surface area contributed by atoms with Crippen LogP contribution in [0.15, 0.2) is 108 Å². The number of ether oxygens (including phenoxy) is 1. The van der Waals surface area contributed by atoms with Gasteiger partial charge in [0.25, 0.3) is 5.91 Å². The molecule has 1 atom stereocenters. The summed E-state index contributed by atoms with van der Waals surface area (Å²) >= 11 is 0. The Labute approximate surface area is 209 Å². The number of rotatable bonds is 11. The highest BCUT2D eigenvalue weighted by atomic mass is 19.1. The Kier molecular flexibility index (Phi) is 8.48. The van der Waals surface area contributed by atoms with Crippen molar-refractivity contribution >= 4 is 11.8 Å². The maximum atomic E-state index is 13.5. The number of carbonyl (C=O) groups excluding carboxylic acids is 2. The maximum Gasteiger partial charge on any atom is 0.261 e. The van der Waals surface area contributed by atoms with Crippen molar-refractivity contribution in [1.82, 2.24) is 10.2 Å². The average Bonchev–Trinajstić information content (AvgIpc) is 3.44. The van der Waals surface area contributed by atoms with Gasteiger partial charge in [0.2, 0.25) is 5.91 Å². The Bertz CT molecular complexity index is 1230. The van der Waals surface area contributed by atoms with Crippen molar-refractivity contribution in [2.75, 3.05) is 6.61 Å². The summed E-state index contributed by atoms with van der Waals surface area (Å²) in [5, 5.41) is 2.88. The van der Waals surface area contributed by atoms with Gasteiger partial charge in [-0.05, 0) is 47.5 Å². The molecule has 1 N–H and O–H groups in total. The third-order valence-electron chi connectivity index (χ3n) is 5.66. The number of nitrogens with zero attached hydrogens (tertiary/aromatic N) is 1. The van der Waals surface area contributed by atoms with E-state index in [1.807, 2.05) is 48.5 Å². The zero-order valence-electron chi connectivity index (χ0n) is 19.7. The van der Waals surface area contributed by atoms with E-state index in [4.69, 9.17) is 9.15 Å². The SMILES string of the molecule is O=C(NCc1ccco1)C(Cc1ccccc1)N(Cc1ccc(F)cc1)C(=O)COc1ccccc1. The highest BCUT2D eigenvalue weighted by Crippen LogP contribution is 2.17. The zero-order valence-corrected chi connectivity index (χ0v) is 19.7. The molecule has 0 spiro atoms. The summed E-state index contributed by atoms with van der Waals surface area (Å²) < 4.78 is 24.6. The molecular formula is C29H27FN2O4. The summed E-state index contributed by atoms with van der Waals surface area (Å²) in [6, 6.07) is 27.0. The van der Waals surface area contributed by atoms with Gasteiger partial charge in [0, 0.05) is 13.0 Å². The van der Waals surface area contributed by atoms with E-state index in [1.165, 1.54) is 23.3 Å². The second kappa shape index (κ2) is 12.4. The van der Waals surface area contributed by atoms with Crippen LogP contribution in [0.2, 0.25) is 0 Å². The fourth-order valence-corrected chi connectivity index (χ4v) is 3.79. The molecule has 0 aliphatic heterocycles. The van der Waals surface area contributed by atoms with Crippen molar-refractivity contribution in [2.24, 2.45) is 0 Å². The van der Waals surface area contributed by atoms with Gasteiger partial charge in [-0.15, -0.1) is 0 Å². The number of amides is 2. The number of hydrogen-bond acceptors (Lipinski definition) is 4. The molecule has 0 bridgehead atoms. The van der Waals surface area contributed by atoms with Crippen LogP contribution in [-0.2, 0) is 29.1 Å². The fourth-order valence-electron chi connectivity index (χ4n) is 3.79. The summed E-state index contributed by atoms with van der Waals surface area (Å²) in [5.74, 6) is 0.0869. The molecule has 4 rings (SSSR count). The van der Waals surface area contributed by atoms with Crippen LogP contribution in [0.25, 0.3) is 0 Å². The van der Waals surface area contributed by atoms with Crippen molar-refractivity contribution in [2.45, 2.75) is 25.6 Å². The van der Waals surface area contributed by atoms with Crippen LogP contribution in [0.4, 0.5) is 4.39 Å². The van der Waals surface area contributed by atoms with Gasteiger partial charge < -0.3 is 19.4 Å². The van der Waals surface area contributed by atoms with Crippen molar-refractivity contribution in [3.63, 3.8) is 0 Å². The zero-order chi connectivity index (χ0) is 25.2. The molecule has 0 fully saturated rings. The van der Waals surface area contributed by atoms with Gasteiger partial charge in [-0.1, -0.05) is 60.7 Å². The normalized spacial score (nSPS) is 11.5. The first-order chi connectivity index (χ1) is 17.6. The van der Waals surface area contributed by atoms with Gasteiger partial charge in [0.15, 0.2) is 6.61 Å². The van der Waals surface area contributed by atoms with E-state index < -0.39 is 6.04 Å². The molecule has 1 heterocycles. The third-order valence-corrected chi connectivity index (χ3v) is 5.66. The van der Waals surface area contributed by atoms with E-state index in [1.54, 1.807) is 36.4 Å². The molecule has 7 heteroatoms. The molecule has 1 aromatic heterocycles. The molecule has 0 saturated carbocycles. The average molecular weight is 487 g/mol. The smallest absolute Gasteiger partial charge is 0.261 e. The van der Waals surface area contributed by atoms with Crippen molar-refractivity contribution in [3.05, 3.63) is 126 Å². The van der Waals surface area contributed by atoms with E-state index in [2.05, 4.69) is 5.32 Å². The summed E-state index contributed by atoms with van der Waals surface area (Å²) in [6.45, 7) is 0.0567. The Hall–Kier alpha value is -4.39. The van der Waals surface area contributed by atoms with Crippen LogP contribution in [0.1, 0.15) is 16.9 Å². The molecule has 0 radical (unpaired) electrons. The Morgan fingerprint density at radius 3 is 2.22 bits per heavy atom. The molecule has 6 nitrogen and oxygen atoms in total.